The zero-order valence-corrected chi connectivity index (χ0v) is 21.5. The van der Waals surface area contributed by atoms with E-state index < -0.39 is 23.7 Å². The lowest BCUT2D eigenvalue weighted by molar-refractivity contribution is -0.141. The molecule has 0 atom stereocenters. The average Bonchev–Trinajstić information content (AvgIpc) is 3.41. The number of anilines is 1. The van der Waals surface area contributed by atoms with Crippen LogP contribution in [-0.4, -0.2) is 47.6 Å². The number of nitrogens with one attached hydrogen (secondary N) is 2. The first-order valence-corrected chi connectivity index (χ1v) is 12.3. The fourth-order valence-corrected chi connectivity index (χ4v) is 4.10. The van der Waals surface area contributed by atoms with E-state index in [1.54, 1.807) is 13.0 Å². The molecule has 4 aromatic rings. The Morgan fingerprint density at radius 2 is 2.00 bits per heavy atom. The molecular formula is C25H19ClF3N9O2. The van der Waals surface area contributed by atoms with Crippen molar-refractivity contribution in [3.8, 4) is 11.9 Å². The summed E-state index contributed by atoms with van der Waals surface area (Å²) in [5, 5.41) is 26.1. The van der Waals surface area contributed by atoms with E-state index in [1.807, 2.05) is 6.07 Å². The van der Waals surface area contributed by atoms with Crippen molar-refractivity contribution in [3.63, 3.8) is 0 Å². The monoisotopic (exact) mass is 569 g/mol. The molecule has 0 spiro atoms. The Labute approximate surface area is 229 Å². The maximum absolute atomic E-state index is 13.6. The van der Waals surface area contributed by atoms with Crippen LogP contribution in [0.2, 0.25) is 5.02 Å². The summed E-state index contributed by atoms with van der Waals surface area (Å²) in [4.78, 5) is 30.8. The van der Waals surface area contributed by atoms with E-state index in [-0.39, 0.29) is 51.6 Å². The highest BCUT2D eigenvalue weighted by molar-refractivity contribution is 6.32. The molecule has 3 heterocycles. The van der Waals surface area contributed by atoms with E-state index in [1.165, 1.54) is 30.5 Å². The van der Waals surface area contributed by atoms with Crippen LogP contribution in [0, 0.1) is 18.3 Å². The minimum atomic E-state index is -4.67. The minimum Gasteiger partial charge on any atom is -0.349 e. The first-order valence-electron chi connectivity index (χ1n) is 11.9. The highest BCUT2D eigenvalue weighted by atomic mass is 35.5. The molecule has 1 aromatic carbocycles. The molecule has 0 aliphatic heterocycles. The summed E-state index contributed by atoms with van der Waals surface area (Å²) in [7, 11) is 0. The molecular weight excluding hydrogens is 551 g/mol. The van der Waals surface area contributed by atoms with Gasteiger partial charge < -0.3 is 10.6 Å². The first kappa shape index (κ1) is 26.8. The summed E-state index contributed by atoms with van der Waals surface area (Å²) in [6.07, 6.45) is -0.840. The van der Waals surface area contributed by atoms with Gasteiger partial charge in [0.1, 0.15) is 5.69 Å². The largest absolute Gasteiger partial charge is 0.436 e. The van der Waals surface area contributed by atoms with Gasteiger partial charge in [-0.2, -0.15) is 23.5 Å². The van der Waals surface area contributed by atoms with Gasteiger partial charge in [-0.15, -0.1) is 5.10 Å². The third-order valence-electron chi connectivity index (χ3n) is 5.95. The topological polar surface area (TPSA) is 143 Å². The fraction of sp³-hybridized carbons (Fsp3) is 0.240. The zero-order valence-electron chi connectivity index (χ0n) is 20.7. The molecule has 0 radical (unpaired) electrons. The van der Waals surface area contributed by atoms with Gasteiger partial charge >= 0.3 is 6.18 Å². The van der Waals surface area contributed by atoms with E-state index in [0.29, 0.717) is 5.56 Å². The van der Waals surface area contributed by atoms with Gasteiger partial charge in [-0.1, -0.05) is 16.8 Å². The number of hydrogen-bond acceptors (Lipinski definition) is 7. The molecule has 1 aliphatic rings. The van der Waals surface area contributed by atoms with Gasteiger partial charge in [-0.05, 0) is 55.7 Å². The number of aromatic nitrogens is 6. The van der Waals surface area contributed by atoms with Gasteiger partial charge in [0.2, 0.25) is 0 Å². The molecule has 2 N–H and O–H groups in total. The van der Waals surface area contributed by atoms with Gasteiger partial charge in [0, 0.05) is 12.2 Å². The van der Waals surface area contributed by atoms with Crippen LogP contribution in [0.15, 0.2) is 42.7 Å². The summed E-state index contributed by atoms with van der Waals surface area (Å²) in [5.41, 5.74) is -0.0624. The Bertz CT molecular complexity index is 1670. The number of halogens is 4. The second-order valence-electron chi connectivity index (χ2n) is 9.07. The van der Waals surface area contributed by atoms with Crippen molar-refractivity contribution in [2.24, 2.45) is 0 Å². The van der Waals surface area contributed by atoms with Gasteiger partial charge in [-0.25, -0.2) is 14.3 Å². The summed E-state index contributed by atoms with van der Waals surface area (Å²) < 4.78 is 41.0. The SMILES string of the molecule is Cc1cc(C#N)cc(C(=O)NC2CC2)c1NC(=O)c1cc(Cn2cc(C(F)(F)F)nn2)nn1-c1ncccc1Cl. The fourth-order valence-electron chi connectivity index (χ4n) is 3.90. The van der Waals surface area contributed by atoms with E-state index in [0.717, 1.165) is 28.4 Å². The third-order valence-corrected chi connectivity index (χ3v) is 6.24. The predicted molar refractivity (Wildman–Crippen MR) is 135 cm³/mol. The Morgan fingerprint density at radius 3 is 2.65 bits per heavy atom. The van der Waals surface area contributed by atoms with E-state index >= 15 is 0 Å². The number of rotatable bonds is 7. The van der Waals surface area contributed by atoms with Crippen molar-refractivity contribution in [1.82, 2.24) is 35.1 Å². The Hall–Kier alpha value is -4.77. The molecule has 15 heteroatoms. The van der Waals surface area contributed by atoms with Crippen molar-refractivity contribution in [1.29, 1.82) is 5.26 Å². The smallest absolute Gasteiger partial charge is 0.349 e. The van der Waals surface area contributed by atoms with E-state index in [9.17, 15) is 28.0 Å². The van der Waals surface area contributed by atoms with Gasteiger partial charge in [0.15, 0.2) is 11.5 Å². The number of nitrogens with zero attached hydrogens (tertiary/aromatic N) is 7. The van der Waals surface area contributed by atoms with Crippen LogP contribution in [0.3, 0.4) is 0 Å². The average molecular weight is 570 g/mol. The Balaban J connectivity index is 1.52. The number of nitriles is 1. The second-order valence-corrected chi connectivity index (χ2v) is 9.48. The van der Waals surface area contributed by atoms with Crippen molar-refractivity contribution in [2.75, 3.05) is 5.32 Å². The van der Waals surface area contributed by atoms with Crippen molar-refractivity contribution in [2.45, 2.75) is 38.5 Å². The molecule has 5 rings (SSSR count). The molecule has 204 valence electrons. The van der Waals surface area contributed by atoms with Gasteiger partial charge in [-0.3, -0.25) is 9.59 Å². The number of hydrogen-bond donors (Lipinski definition) is 2. The third kappa shape index (κ3) is 5.64. The van der Waals surface area contributed by atoms with Crippen LogP contribution in [0.1, 0.15) is 56.2 Å². The number of benzene rings is 1. The normalized spacial score (nSPS) is 13.1. The molecule has 0 unspecified atom stereocenters. The molecule has 2 amide bonds. The molecule has 40 heavy (non-hydrogen) atoms. The number of carbonyl (C=O) groups is 2. The van der Waals surface area contributed by atoms with Crippen LogP contribution in [0.25, 0.3) is 5.82 Å². The van der Waals surface area contributed by atoms with Crippen LogP contribution >= 0.6 is 11.6 Å². The number of carbonyl (C=O) groups excluding carboxylic acids is 2. The lowest BCUT2D eigenvalue weighted by Crippen LogP contribution is -2.28. The molecule has 0 saturated heterocycles. The quantitative estimate of drug-likeness (QED) is 0.343. The van der Waals surface area contributed by atoms with Gasteiger partial charge in [0.25, 0.3) is 11.8 Å². The molecule has 11 nitrogen and oxygen atoms in total. The number of aryl methyl sites for hydroxylation is 1. The highest BCUT2D eigenvalue weighted by Gasteiger charge is 2.34. The Morgan fingerprint density at radius 1 is 1.23 bits per heavy atom. The molecule has 1 fully saturated rings. The standard InChI is InChI=1S/C25H19ClF3N9O2/c1-13-7-14(10-30)8-17(23(39)32-15-4-5-15)21(13)33-24(40)19-9-16(11-37-12-20(34-36-37)25(27,28)29)35-38(19)22-18(26)3-2-6-31-22/h2-3,6-9,12,15H,4-5,11H2,1H3,(H,32,39)(H,33,40). The van der Waals surface area contributed by atoms with E-state index in [4.69, 9.17) is 11.6 Å². The molecule has 1 aliphatic carbocycles. The minimum absolute atomic E-state index is 0.0343. The van der Waals surface area contributed by atoms with Crippen molar-refractivity contribution in [3.05, 3.63) is 81.5 Å². The Kier molecular flexibility index (Phi) is 6.99. The summed E-state index contributed by atoms with van der Waals surface area (Å²) in [6.45, 7) is 1.40. The molecule has 1 saturated carbocycles. The summed E-state index contributed by atoms with van der Waals surface area (Å²) >= 11 is 6.31. The van der Waals surface area contributed by atoms with Crippen LogP contribution in [0.4, 0.5) is 18.9 Å². The van der Waals surface area contributed by atoms with Crippen LogP contribution < -0.4 is 10.6 Å². The maximum atomic E-state index is 13.6. The maximum Gasteiger partial charge on any atom is 0.436 e. The zero-order chi connectivity index (χ0) is 28.6. The van der Waals surface area contributed by atoms with Gasteiger partial charge in [0.05, 0.1) is 46.3 Å². The number of pyridine rings is 1. The first-order chi connectivity index (χ1) is 19.0. The second kappa shape index (κ2) is 10.4. The van der Waals surface area contributed by atoms with Crippen molar-refractivity contribution < 1.29 is 22.8 Å². The van der Waals surface area contributed by atoms with Crippen LogP contribution in [0.5, 0.6) is 0 Å². The van der Waals surface area contributed by atoms with Crippen LogP contribution in [-0.2, 0) is 12.7 Å². The lowest BCUT2D eigenvalue weighted by atomic mass is 10.0. The number of alkyl halides is 3. The lowest BCUT2D eigenvalue weighted by Gasteiger charge is -2.15. The highest BCUT2D eigenvalue weighted by Crippen LogP contribution is 2.28. The number of amides is 2. The predicted octanol–water partition coefficient (Wildman–Crippen LogP) is 3.90. The molecule has 0 bridgehead atoms. The van der Waals surface area contributed by atoms with Crippen molar-refractivity contribution >= 4 is 29.1 Å². The van der Waals surface area contributed by atoms with E-state index in [2.05, 4.69) is 31.0 Å². The summed E-state index contributed by atoms with van der Waals surface area (Å²) in [5.74, 6) is -1.05. The molecule has 3 aromatic heterocycles. The summed E-state index contributed by atoms with van der Waals surface area (Å²) in [6, 6.07) is 9.42.